The smallest absolute Gasteiger partial charge is 0.336 e. The van der Waals surface area contributed by atoms with Gasteiger partial charge in [-0.25, -0.2) is 4.79 Å². The van der Waals surface area contributed by atoms with Crippen LogP contribution in [0.5, 0.6) is 0 Å². The van der Waals surface area contributed by atoms with Crippen LogP contribution in [0.4, 0.5) is 0 Å². The molecule has 13 heavy (non-hydrogen) atoms. The zero-order valence-corrected chi connectivity index (χ0v) is 8.56. The Morgan fingerprint density at radius 1 is 1.62 bits per heavy atom. The first-order valence-electron chi connectivity index (χ1n) is 3.18. The van der Waals surface area contributed by atoms with Gasteiger partial charge in [-0.2, -0.15) is 5.26 Å². The zero-order valence-electron chi connectivity index (χ0n) is 6.21. The van der Waals surface area contributed by atoms with Crippen LogP contribution in [0.15, 0.2) is 16.6 Å². The Morgan fingerprint density at radius 2 is 2.23 bits per heavy atom. The molecule has 0 aliphatic rings. The molecule has 1 rings (SSSR count). The van der Waals surface area contributed by atoms with Crippen molar-refractivity contribution in [2.24, 2.45) is 0 Å². The van der Waals surface area contributed by atoms with Crippen LogP contribution in [0.2, 0.25) is 5.02 Å². The third kappa shape index (κ3) is 2.00. The molecule has 1 N–H and O–H groups in total. The average Bonchev–Trinajstić information content (AvgIpc) is 2.03. The summed E-state index contributed by atoms with van der Waals surface area (Å²) in [7, 11) is 0. The summed E-state index contributed by atoms with van der Waals surface area (Å²) in [5.74, 6) is -1.10. The molecule has 0 fully saturated rings. The number of hydrogen-bond acceptors (Lipinski definition) is 2. The van der Waals surface area contributed by atoms with E-state index in [1.54, 1.807) is 6.07 Å². The maximum Gasteiger partial charge on any atom is 0.336 e. The van der Waals surface area contributed by atoms with E-state index in [1.165, 1.54) is 12.1 Å². The number of rotatable bonds is 1. The van der Waals surface area contributed by atoms with E-state index in [-0.39, 0.29) is 16.1 Å². The van der Waals surface area contributed by atoms with Gasteiger partial charge in [-0.05, 0) is 28.1 Å². The molecule has 0 amide bonds. The predicted molar refractivity (Wildman–Crippen MR) is 50.8 cm³/mol. The van der Waals surface area contributed by atoms with Gasteiger partial charge in [0, 0.05) is 4.47 Å². The van der Waals surface area contributed by atoms with Crippen molar-refractivity contribution in [3.63, 3.8) is 0 Å². The number of halogens is 2. The largest absolute Gasteiger partial charge is 0.478 e. The van der Waals surface area contributed by atoms with Crippen LogP contribution in [-0.2, 0) is 0 Å². The number of carboxylic acids is 1. The number of nitriles is 1. The molecule has 0 aliphatic carbocycles. The SMILES string of the molecule is N#Cc1cc(C(=O)O)c(Br)cc1Cl. The highest BCUT2D eigenvalue weighted by Crippen LogP contribution is 2.25. The zero-order chi connectivity index (χ0) is 10.0. The number of benzene rings is 1. The van der Waals surface area contributed by atoms with Gasteiger partial charge in [0.1, 0.15) is 6.07 Å². The maximum absolute atomic E-state index is 10.6. The molecule has 0 saturated heterocycles. The summed E-state index contributed by atoms with van der Waals surface area (Å²) in [4.78, 5) is 10.6. The standard InChI is InChI=1S/C8H3BrClNO2/c9-6-2-7(10)4(3-11)1-5(6)8(12)13/h1-2H,(H,12,13). The Labute approximate surface area is 87.7 Å². The minimum Gasteiger partial charge on any atom is -0.478 e. The minimum atomic E-state index is -1.10. The van der Waals surface area contributed by atoms with Gasteiger partial charge in [-0.1, -0.05) is 11.6 Å². The molecule has 5 heteroatoms. The Balaban J connectivity index is 3.41. The van der Waals surface area contributed by atoms with Crippen molar-refractivity contribution in [1.29, 1.82) is 5.26 Å². The van der Waals surface area contributed by atoms with Gasteiger partial charge in [0.15, 0.2) is 0 Å². The fraction of sp³-hybridized carbons (Fsp3) is 0. The second-order valence-corrected chi connectivity index (χ2v) is 3.49. The molecule has 0 radical (unpaired) electrons. The lowest BCUT2D eigenvalue weighted by molar-refractivity contribution is 0.0696. The Bertz CT molecular complexity index is 411. The van der Waals surface area contributed by atoms with Gasteiger partial charge in [0.2, 0.25) is 0 Å². The lowest BCUT2D eigenvalue weighted by atomic mass is 10.1. The minimum absolute atomic E-state index is 0.0287. The molecule has 0 atom stereocenters. The molecule has 0 unspecified atom stereocenters. The van der Waals surface area contributed by atoms with Crippen molar-refractivity contribution in [2.75, 3.05) is 0 Å². The van der Waals surface area contributed by atoms with E-state index < -0.39 is 5.97 Å². The molecule has 0 spiro atoms. The quantitative estimate of drug-likeness (QED) is 0.844. The number of nitrogens with zero attached hydrogens (tertiary/aromatic N) is 1. The molecular weight excluding hydrogens is 257 g/mol. The van der Waals surface area contributed by atoms with Gasteiger partial charge in [0.25, 0.3) is 0 Å². The van der Waals surface area contributed by atoms with Crippen LogP contribution >= 0.6 is 27.5 Å². The van der Waals surface area contributed by atoms with E-state index in [2.05, 4.69) is 15.9 Å². The van der Waals surface area contributed by atoms with Crippen LogP contribution in [0.25, 0.3) is 0 Å². The summed E-state index contributed by atoms with van der Waals surface area (Å²) in [5, 5.41) is 17.5. The Hall–Kier alpha value is -1.05. The number of hydrogen-bond donors (Lipinski definition) is 1. The van der Waals surface area contributed by atoms with Crippen molar-refractivity contribution in [1.82, 2.24) is 0 Å². The maximum atomic E-state index is 10.6. The second-order valence-electron chi connectivity index (χ2n) is 2.23. The Morgan fingerprint density at radius 3 is 2.69 bits per heavy atom. The van der Waals surface area contributed by atoms with Crippen LogP contribution < -0.4 is 0 Å². The van der Waals surface area contributed by atoms with Crippen molar-refractivity contribution in [3.8, 4) is 6.07 Å². The fourth-order valence-corrected chi connectivity index (χ4v) is 1.65. The summed E-state index contributed by atoms with van der Waals surface area (Å²) in [6.45, 7) is 0. The molecule has 3 nitrogen and oxygen atoms in total. The highest BCUT2D eigenvalue weighted by Gasteiger charge is 2.11. The van der Waals surface area contributed by atoms with Gasteiger partial charge in [0.05, 0.1) is 16.1 Å². The van der Waals surface area contributed by atoms with Crippen LogP contribution in [0, 0.1) is 11.3 Å². The average molecular weight is 260 g/mol. The summed E-state index contributed by atoms with van der Waals surface area (Å²) in [5.41, 5.74) is 0.184. The van der Waals surface area contributed by atoms with Crippen LogP contribution in [-0.4, -0.2) is 11.1 Å². The van der Waals surface area contributed by atoms with E-state index in [0.717, 1.165) is 0 Å². The second kappa shape index (κ2) is 3.77. The third-order valence-electron chi connectivity index (χ3n) is 1.41. The molecule has 0 aromatic heterocycles. The first-order valence-corrected chi connectivity index (χ1v) is 4.35. The third-order valence-corrected chi connectivity index (χ3v) is 2.38. The normalized spacial score (nSPS) is 9.31. The lowest BCUT2D eigenvalue weighted by Crippen LogP contribution is -1.98. The first kappa shape index (κ1) is 10.0. The van der Waals surface area contributed by atoms with Crippen molar-refractivity contribution in [2.45, 2.75) is 0 Å². The molecule has 1 aromatic rings. The Kier molecular flexibility index (Phi) is 2.91. The van der Waals surface area contributed by atoms with Gasteiger partial charge in [-0.3, -0.25) is 0 Å². The van der Waals surface area contributed by atoms with Crippen LogP contribution in [0.3, 0.4) is 0 Å². The first-order chi connectivity index (χ1) is 6.06. The molecular formula is C8H3BrClNO2. The predicted octanol–water partition coefficient (Wildman–Crippen LogP) is 2.67. The van der Waals surface area contributed by atoms with Gasteiger partial charge in [-0.15, -0.1) is 0 Å². The molecule has 0 saturated carbocycles. The summed E-state index contributed by atoms with van der Waals surface area (Å²) in [6.07, 6.45) is 0. The monoisotopic (exact) mass is 259 g/mol. The van der Waals surface area contributed by atoms with Crippen molar-refractivity contribution < 1.29 is 9.90 Å². The fourth-order valence-electron chi connectivity index (χ4n) is 0.799. The number of carboxylic acid groups (broad SMARTS) is 1. The van der Waals surface area contributed by atoms with Crippen molar-refractivity contribution in [3.05, 3.63) is 32.8 Å². The van der Waals surface area contributed by atoms with Gasteiger partial charge >= 0.3 is 5.97 Å². The number of carbonyl (C=O) groups is 1. The van der Waals surface area contributed by atoms with E-state index in [0.29, 0.717) is 4.47 Å². The highest BCUT2D eigenvalue weighted by molar-refractivity contribution is 9.10. The summed E-state index contributed by atoms with van der Waals surface area (Å²) in [6, 6.07) is 4.42. The van der Waals surface area contributed by atoms with E-state index in [4.69, 9.17) is 22.0 Å². The molecule has 0 aliphatic heterocycles. The lowest BCUT2D eigenvalue weighted by Gasteiger charge is -2.00. The molecule has 0 heterocycles. The molecule has 1 aromatic carbocycles. The molecule has 66 valence electrons. The topological polar surface area (TPSA) is 61.1 Å². The highest BCUT2D eigenvalue weighted by atomic mass is 79.9. The van der Waals surface area contributed by atoms with E-state index >= 15 is 0 Å². The van der Waals surface area contributed by atoms with E-state index in [9.17, 15) is 4.79 Å². The van der Waals surface area contributed by atoms with Crippen molar-refractivity contribution >= 4 is 33.5 Å². The van der Waals surface area contributed by atoms with Gasteiger partial charge < -0.3 is 5.11 Å². The molecule has 0 bridgehead atoms. The summed E-state index contributed by atoms with van der Waals surface area (Å²) < 4.78 is 0.365. The number of aromatic carboxylic acids is 1. The summed E-state index contributed by atoms with van der Waals surface area (Å²) >= 11 is 8.70. The van der Waals surface area contributed by atoms with Crippen LogP contribution in [0.1, 0.15) is 15.9 Å². The van der Waals surface area contributed by atoms with E-state index in [1.807, 2.05) is 0 Å².